The predicted molar refractivity (Wildman–Crippen MR) is 140 cm³/mol. The monoisotopic (exact) mass is 516 g/mol. The molecule has 1 aliphatic carbocycles. The van der Waals surface area contributed by atoms with Crippen molar-refractivity contribution < 1.29 is 19.1 Å². The van der Waals surface area contributed by atoms with Crippen molar-refractivity contribution in [2.45, 2.75) is 71.2 Å². The largest absolute Gasteiger partial charge is 0.490 e. The summed E-state index contributed by atoms with van der Waals surface area (Å²) in [6.45, 7) is 8.33. The molecule has 3 aliphatic rings. The van der Waals surface area contributed by atoms with Crippen LogP contribution in [0.2, 0.25) is 5.02 Å². The number of piperidine rings is 1. The molecule has 2 amide bonds. The number of likely N-dealkylation sites (tertiary alicyclic amines) is 1. The Balaban J connectivity index is 1.27. The zero-order valence-electron chi connectivity index (χ0n) is 21.4. The maximum absolute atomic E-state index is 13.0. The molecule has 0 spiro atoms. The molecule has 8 nitrogen and oxygen atoms in total. The van der Waals surface area contributed by atoms with Crippen molar-refractivity contribution in [3.8, 4) is 5.75 Å². The zero-order chi connectivity index (χ0) is 25.8. The second-order valence-corrected chi connectivity index (χ2v) is 10.6. The van der Waals surface area contributed by atoms with Crippen molar-refractivity contribution in [2.24, 2.45) is 0 Å². The third kappa shape index (κ3) is 6.40. The molecule has 0 saturated carbocycles. The zero-order valence-corrected chi connectivity index (χ0v) is 22.2. The molecule has 196 valence electrons. The molecule has 2 atom stereocenters. The molecular weight excluding hydrogens is 480 g/mol. The number of nitrogens with zero attached hydrogens (tertiary/aromatic N) is 2. The first kappa shape index (κ1) is 26.5. The normalized spacial score (nSPS) is 23.1. The van der Waals surface area contributed by atoms with E-state index in [4.69, 9.17) is 26.5 Å². The van der Waals surface area contributed by atoms with E-state index in [0.29, 0.717) is 37.6 Å². The minimum Gasteiger partial charge on any atom is -0.490 e. The molecule has 9 heteroatoms. The number of carbonyl (C=O) groups excluding carboxylic acids is 2. The van der Waals surface area contributed by atoms with Gasteiger partial charge in [-0.1, -0.05) is 11.6 Å². The SMILES string of the molecule is Cc1cc(Cl)ccc1OC1CCN(C(=O)CNC2=C(C(=N)C(=O)N3C[C@@H](C)O[C@@H](C)C3)CCC2)CC1. The number of ether oxygens (including phenoxy) is 2. The first-order valence-electron chi connectivity index (χ1n) is 12.9. The van der Waals surface area contributed by atoms with Gasteiger partial charge in [0.2, 0.25) is 5.91 Å². The van der Waals surface area contributed by atoms with Crippen LogP contribution in [0.15, 0.2) is 29.5 Å². The summed E-state index contributed by atoms with van der Waals surface area (Å²) in [5, 5.41) is 12.5. The Kier molecular flexibility index (Phi) is 8.57. The van der Waals surface area contributed by atoms with Crippen LogP contribution in [0.1, 0.15) is 51.5 Å². The van der Waals surface area contributed by atoms with Crippen molar-refractivity contribution in [2.75, 3.05) is 32.7 Å². The number of aryl methyl sites for hydroxylation is 1. The third-order valence-electron chi connectivity index (χ3n) is 7.12. The molecule has 0 aromatic heterocycles. The summed E-state index contributed by atoms with van der Waals surface area (Å²) in [4.78, 5) is 29.5. The van der Waals surface area contributed by atoms with Crippen LogP contribution in [0, 0.1) is 12.3 Å². The second kappa shape index (κ2) is 11.6. The highest BCUT2D eigenvalue weighted by molar-refractivity contribution is 6.44. The third-order valence-corrected chi connectivity index (χ3v) is 7.35. The van der Waals surface area contributed by atoms with E-state index in [9.17, 15) is 9.59 Å². The summed E-state index contributed by atoms with van der Waals surface area (Å²) < 4.78 is 11.9. The highest BCUT2D eigenvalue weighted by atomic mass is 35.5. The number of allylic oxidation sites excluding steroid dienone is 1. The molecule has 0 unspecified atom stereocenters. The van der Waals surface area contributed by atoms with E-state index in [1.807, 2.05) is 43.9 Å². The second-order valence-electron chi connectivity index (χ2n) is 10.1. The Hall–Kier alpha value is -2.58. The van der Waals surface area contributed by atoms with Crippen LogP contribution in [-0.4, -0.2) is 78.4 Å². The molecule has 2 aliphatic heterocycles. The predicted octanol–water partition coefficient (Wildman–Crippen LogP) is 3.70. The highest BCUT2D eigenvalue weighted by Gasteiger charge is 2.31. The fourth-order valence-electron chi connectivity index (χ4n) is 5.29. The van der Waals surface area contributed by atoms with Crippen LogP contribution in [0.25, 0.3) is 0 Å². The molecule has 2 heterocycles. The van der Waals surface area contributed by atoms with Crippen LogP contribution in [0.4, 0.5) is 0 Å². The number of amides is 2. The summed E-state index contributed by atoms with van der Waals surface area (Å²) in [6.07, 6.45) is 3.86. The van der Waals surface area contributed by atoms with Gasteiger partial charge in [-0.15, -0.1) is 0 Å². The number of hydrogen-bond acceptors (Lipinski definition) is 6. The fraction of sp³-hybridized carbons (Fsp3) is 0.593. The summed E-state index contributed by atoms with van der Waals surface area (Å²) in [6, 6.07) is 5.62. The van der Waals surface area contributed by atoms with Crippen molar-refractivity contribution in [1.82, 2.24) is 15.1 Å². The van der Waals surface area contributed by atoms with Gasteiger partial charge in [-0.25, -0.2) is 0 Å². The van der Waals surface area contributed by atoms with Crippen molar-refractivity contribution in [1.29, 1.82) is 5.41 Å². The van der Waals surface area contributed by atoms with Crippen LogP contribution in [0.3, 0.4) is 0 Å². The lowest BCUT2D eigenvalue weighted by atomic mass is 10.1. The number of benzene rings is 1. The van der Waals surface area contributed by atoms with Crippen LogP contribution in [0.5, 0.6) is 5.75 Å². The van der Waals surface area contributed by atoms with Crippen LogP contribution < -0.4 is 10.1 Å². The molecule has 0 bridgehead atoms. The van der Waals surface area contributed by atoms with Gasteiger partial charge in [0.05, 0.1) is 18.8 Å². The van der Waals surface area contributed by atoms with Gasteiger partial charge in [0, 0.05) is 55.3 Å². The number of hydrogen-bond donors (Lipinski definition) is 2. The Bertz CT molecular complexity index is 1020. The molecule has 2 saturated heterocycles. The number of rotatable bonds is 7. The molecule has 0 radical (unpaired) electrons. The molecule has 1 aromatic rings. The Morgan fingerprint density at radius 2 is 1.83 bits per heavy atom. The standard InChI is InChI=1S/C27H37ClN4O4/c1-17-13-20(28)7-8-24(17)36-21-9-11-31(12-10-21)25(33)14-30-23-6-4-5-22(23)26(29)27(34)32-15-18(2)35-19(3)16-32/h7-8,13,18-19,21,29-30H,4-6,9-12,14-16H2,1-3H3/t18-,19+. The molecule has 4 rings (SSSR count). The fourth-order valence-corrected chi connectivity index (χ4v) is 5.51. The van der Waals surface area contributed by atoms with Gasteiger partial charge in [-0.3, -0.25) is 15.0 Å². The summed E-state index contributed by atoms with van der Waals surface area (Å²) in [5.74, 6) is 0.616. The van der Waals surface area contributed by atoms with E-state index < -0.39 is 0 Å². The van der Waals surface area contributed by atoms with Crippen LogP contribution >= 0.6 is 11.6 Å². The van der Waals surface area contributed by atoms with Gasteiger partial charge in [-0.05, 0) is 63.8 Å². The van der Waals surface area contributed by atoms with Crippen molar-refractivity contribution in [3.63, 3.8) is 0 Å². The average molecular weight is 517 g/mol. The summed E-state index contributed by atoms with van der Waals surface area (Å²) in [5.41, 5.74) is 2.64. The average Bonchev–Trinajstić information content (AvgIpc) is 3.32. The van der Waals surface area contributed by atoms with E-state index in [0.717, 1.165) is 48.3 Å². The summed E-state index contributed by atoms with van der Waals surface area (Å²) in [7, 11) is 0. The van der Waals surface area contributed by atoms with Gasteiger partial charge in [0.1, 0.15) is 17.6 Å². The number of nitrogens with one attached hydrogen (secondary N) is 2. The maximum atomic E-state index is 13.0. The van der Waals surface area contributed by atoms with Gasteiger partial charge < -0.3 is 24.6 Å². The van der Waals surface area contributed by atoms with Gasteiger partial charge in [-0.2, -0.15) is 0 Å². The lowest BCUT2D eigenvalue weighted by Gasteiger charge is -2.35. The Morgan fingerprint density at radius 3 is 2.50 bits per heavy atom. The molecule has 2 N–H and O–H groups in total. The number of morpholine rings is 1. The minimum absolute atomic E-state index is 0.0311. The summed E-state index contributed by atoms with van der Waals surface area (Å²) >= 11 is 6.03. The number of carbonyl (C=O) groups is 2. The van der Waals surface area contributed by atoms with Crippen LogP contribution in [-0.2, 0) is 14.3 Å². The topological polar surface area (TPSA) is 95.0 Å². The Labute approximate surface area is 218 Å². The van der Waals surface area contributed by atoms with E-state index in [2.05, 4.69) is 5.32 Å². The first-order chi connectivity index (χ1) is 17.2. The lowest BCUT2D eigenvalue weighted by Crippen LogP contribution is -2.50. The minimum atomic E-state index is -0.252. The van der Waals surface area contributed by atoms with Crippen molar-refractivity contribution >= 4 is 29.1 Å². The molecular formula is C27H37ClN4O4. The quantitative estimate of drug-likeness (QED) is 0.539. The van der Waals surface area contributed by atoms with E-state index in [1.54, 1.807) is 4.90 Å². The van der Waals surface area contributed by atoms with Gasteiger partial charge in [0.25, 0.3) is 5.91 Å². The Morgan fingerprint density at radius 1 is 1.14 bits per heavy atom. The van der Waals surface area contributed by atoms with E-state index >= 15 is 0 Å². The van der Waals surface area contributed by atoms with E-state index in [-0.39, 0.29) is 42.4 Å². The molecule has 2 fully saturated rings. The van der Waals surface area contributed by atoms with Crippen molar-refractivity contribution in [3.05, 3.63) is 40.1 Å². The molecule has 36 heavy (non-hydrogen) atoms. The molecule has 1 aromatic carbocycles. The highest BCUT2D eigenvalue weighted by Crippen LogP contribution is 2.27. The maximum Gasteiger partial charge on any atom is 0.272 e. The number of halogens is 1. The first-order valence-corrected chi connectivity index (χ1v) is 13.3. The van der Waals surface area contributed by atoms with Gasteiger partial charge >= 0.3 is 0 Å². The lowest BCUT2D eigenvalue weighted by molar-refractivity contribution is -0.136. The van der Waals surface area contributed by atoms with E-state index in [1.165, 1.54) is 0 Å². The van der Waals surface area contributed by atoms with Gasteiger partial charge in [0.15, 0.2) is 0 Å². The smallest absolute Gasteiger partial charge is 0.272 e.